The molecule has 20 heavy (non-hydrogen) atoms. The van der Waals surface area contributed by atoms with Crippen molar-refractivity contribution in [2.75, 3.05) is 13.2 Å². The van der Waals surface area contributed by atoms with Gasteiger partial charge in [0, 0.05) is 25.3 Å². The van der Waals surface area contributed by atoms with Crippen molar-refractivity contribution in [2.24, 2.45) is 0 Å². The Balaban J connectivity index is 1.89. The number of hydrogen-bond acceptors (Lipinski definition) is 4. The lowest BCUT2D eigenvalue weighted by atomic mass is 10.1. The first kappa shape index (κ1) is 14.7. The number of nitro groups is 1. The standard InChI is InChI=1S/C13H15ClN2O4/c14-12-8-9(16(18)19)3-4-11(12)13(17)15-6-5-10-2-1-7-20-10/h3-4,8,10H,1-2,5-7H2,(H,15,17)/t10-/m1/s1. The maximum atomic E-state index is 11.9. The SMILES string of the molecule is O=C(NCC[C@H]1CCCO1)c1ccc([N+](=O)[O-])cc1Cl. The molecule has 0 bridgehead atoms. The highest BCUT2D eigenvalue weighted by atomic mass is 35.5. The molecule has 1 fully saturated rings. The number of hydrogen-bond donors (Lipinski definition) is 1. The topological polar surface area (TPSA) is 81.5 Å². The van der Waals surface area contributed by atoms with Crippen LogP contribution in [0.3, 0.4) is 0 Å². The lowest BCUT2D eigenvalue weighted by Crippen LogP contribution is -2.27. The summed E-state index contributed by atoms with van der Waals surface area (Å²) in [5, 5.41) is 13.4. The highest BCUT2D eigenvalue weighted by Crippen LogP contribution is 2.22. The first-order chi connectivity index (χ1) is 9.58. The van der Waals surface area contributed by atoms with E-state index in [-0.39, 0.29) is 28.3 Å². The van der Waals surface area contributed by atoms with Gasteiger partial charge in [-0.3, -0.25) is 14.9 Å². The number of nitro benzene ring substituents is 1. The van der Waals surface area contributed by atoms with E-state index < -0.39 is 4.92 Å². The van der Waals surface area contributed by atoms with E-state index >= 15 is 0 Å². The average molecular weight is 299 g/mol. The first-order valence-corrected chi connectivity index (χ1v) is 6.79. The van der Waals surface area contributed by atoms with Crippen LogP contribution in [0.4, 0.5) is 5.69 Å². The van der Waals surface area contributed by atoms with Crippen LogP contribution in [0.5, 0.6) is 0 Å². The summed E-state index contributed by atoms with van der Waals surface area (Å²) in [6.45, 7) is 1.28. The van der Waals surface area contributed by atoms with Gasteiger partial charge in [-0.25, -0.2) is 0 Å². The minimum absolute atomic E-state index is 0.0776. The number of nitrogens with one attached hydrogen (secondary N) is 1. The van der Waals surface area contributed by atoms with Crippen molar-refractivity contribution in [2.45, 2.75) is 25.4 Å². The van der Waals surface area contributed by atoms with Crippen molar-refractivity contribution < 1.29 is 14.5 Å². The van der Waals surface area contributed by atoms with Crippen molar-refractivity contribution >= 4 is 23.2 Å². The van der Waals surface area contributed by atoms with Gasteiger partial charge in [0.25, 0.3) is 11.6 Å². The molecule has 0 unspecified atom stereocenters. The predicted octanol–water partition coefficient (Wildman–Crippen LogP) is 2.55. The third kappa shape index (κ3) is 3.68. The number of amides is 1. The molecule has 2 rings (SSSR count). The van der Waals surface area contributed by atoms with Crippen LogP contribution in [0.1, 0.15) is 29.6 Å². The van der Waals surface area contributed by atoms with Gasteiger partial charge in [0.05, 0.1) is 21.6 Å². The second-order valence-electron chi connectivity index (χ2n) is 4.60. The van der Waals surface area contributed by atoms with Crippen LogP contribution in [0.25, 0.3) is 0 Å². The smallest absolute Gasteiger partial charge is 0.270 e. The fraction of sp³-hybridized carbons (Fsp3) is 0.462. The maximum absolute atomic E-state index is 11.9. The molecule has 1 aromatic carbocycles. The van der Waals surface area contributed by atoms with Crippen LogP contribution in [0, 0.1) is 10.1 Å². The third-order valence-electron chi connectivity index (χ3n) is 3.18. The second kappa shape index (κ2) is 6.67. The van der Waals surface area contributed by atoms with E-state index in [1.807, 2.05) is 0 Å². The second-order valence-corrected chi connectivity index (χ2v) is 5.01. The Labute approximate surface area is 121 Å². The minimum Gasteiger partial charge on any atom is -0.378 e. The molecule has 1 amide bonds. The minimum atomic E-state index is -0.551. The monoisotopic (exact) mass is 298 g/mol. The molecule has 6 nitrogen and oxygen atoms in total. The lowest BCUT2D eigenvalue weighted by molar-refractivity contribution is -0.384. The molecule has 0 aliphatic carbocycles. The molecule has 0 spiro atoms. The van der Waals surface area contributed by atoms with Crippen LogP contribution in [-0.2, 0) is 4.74 Å². The molecule has 1 aliphatic heterocycles. The van der Waals surface area contributed by atoms with Gasteiger partial charge in [-0.1, -0.05) is 11.6 Å². The first-order valence-electron chi connectivity index (χ1n) is 6.41. The molecule has 0 aromatic heterocycles. The largest absolute Gasteiger partial charge is 0.378 e. The summed E-state index contributed by atoms with van der Waals surface area (Å²) in [6.07, 6.45) is 3.06. The normalized spacial score (nSPS) is 17.9. The molecule has 1 N–H and O–H groups in total. The quantitative estimate of drug-likeness (QED) is 0.669. The van der Waals surface area contributed by atoms with Gasteiger partial charge in [0.15, 0.2) is 0 Å². The van der Waals surface area contributed by atoms with Crippen molar-refractivity contribution in [3.63, 3.8) is 0 Å². The maximum Gasteiger partial charge on any atom is 0.270 e. The summed E-state index contributed by atoms with van der Waals surface area (Å²) in [5.74, 6) is -0.331. The molecule has 1 heterocycles. The number of non-ortho nitro benzene ring substituents is 1. The fourth-order valence-corrected chi connectivity index (χ4v) is 2.38. The Morgan fingerprint density at radius 3 is 2.95 bits per heavy atom. The predicted molar refractivity (Wildman–Crippen MR) is 74.0 cm³/mol. The van der Waals surface area contributed by atoms with Crippen LogP contribution in [0.2, 0.25) is 5.02 Å². The zero-order valence-corrected chi connectivity index (χ0v) is 11.6. The van der Waals surface area contributed by atoms with E-state index in [9.17, 15) is 14.9 Å². The van der Waals surface area contributed by atoms with Crippen molar-refractivity contribution in [3.05, 3.63) is 38.9 Å². The molecule has 1 aromatic rings. The summed E-state index contributed by atoms with van der Waals surface area (Å²) in [7, 11) is 0. The van der Waals surface area contributed by atoms with E-state index in [1.165, 1.54) is 18.2 Å². The molecule has 0 radical (unpaired) electrons. The summed E-state index contributed by atoms with van der Waals surface area (Å²) >= 11 is 5.88. The zero-order valence-electron chi connectivity index (χ0n) is 10.8. The van der Waals surface area contributed by atoms with Gasteiger partial charge in [-0.05, 0) is 25.3 Å². The molecule has 1 atom stereocenters. The number of halogens is 1. The van der Waals surface area contributed by atoms with Gasteiger partial charge in [-0.2, -0.15) is 0 Å². The van der Waals surface area contributed by atoms with E-state index in [0.29, 0.717) is 6.54 Å². The van der Waals surface area contributed by atoms with E-state index in [2.05, 4.69) is 5.32 Å². The third-order valence-corrected chi connectivity index (χ3v) is 3.50. The average Bonchev–Trinajstić information content (AvgIpc) is 2.91. The zero-order chi connectivity index (χ0) is 14.5. The fourth-order valence-electron chi connectivity index (χ4n) is 2.12. The van der Waals surface area contributed by atoms with Crippen LogP contribution in [0.15, 0.2) is 18.2 Å². The highest BCUT2D eigenvalue weighted by Gasteiger charge is 2.17. The lowest BCUT2D eigenvalue weighted by Gasteiger charge is -2.10. The number of benzene rings is 1. The van der Waals surface area contributed by atoms with Crippen LogP contribution in [-0.4, -0.2) is 30.1 Å². The summed E-state index contributed by atoms with van der Waals surface area (Å²) in [4.78, 5) is 21.9. The number of ether oxygens (including phenoxy) is 1. The Morgan fingerprint density at radius 1 is 1.55 bits per heavy atom. The summed E-state index contributed by atoms with van der Waals surface area (Å²) in [5.41, 5.74) is 0.107. The number of rotatable bonds is 5. The Bertz CT molecular complexity index is 515. The summed E-state index contributed by atoms with van der Waals surface area (Å²) < 4.78 is 5.45. The van der Waals surface area contributed by atoms with Gasteiger partial charge < -0.3 is 10.1 Å². The Morgan fingerprint density at radius 2 is 2.35 bits per heavy atom. The molecule has 0 saturated carbocycles. The number of nitrogens with zero attached hydrogens (tertiary/aromatic N) is 1. The number of carbonyl (C=O) groups is 1. The van der Waals surface area contributed by atoms with Gasteiger partial charge in [0.1, 0.15) is 0 Å². The molecular formula is C13H15ClN2O4. The summed E-state index contributed by atoms with van der Waals surface area (Å²) in [6, 6.07) is 3.80. The molecule has 108 valence electrons. The van der Waals surface area contributed by atoms with Crippen molar-refractivity contribution in [1.29, 1.82) is 0 Å². The van der Waals surface area contributed by atoms with Crippen molar-refractivity contribution in [1.82, 2.24) is 5.32 Å². The van der Waals surface area contributed by atoms with E-state index in [4.69, 9.17) is 16.3 Å². The highest BCUT2D eigenvalue weighted by molar-refractivity contribution is 6.34. The molecular weight excluding hydrogens is 284 g/mol. The molecule has 7 heteroatoms. The molecule has 1 saturated heterocycles. The Hall–Kier alpha value is -1.66. The van der Waals surface area contributed by atoms with Gasteiger partial charge >= 0.3 is 0 Å². The van der Waals surface area contributed by atoms with Gasteiger partial charge in [-0.15, -0.1) is 0 Å². The van der Waals surface area contributed by atoms with Crippen LogP contribution >= 0.6 is 11.6 Å². The van der Waals surface area contributed by atoms with E-state index in [0.717, 1.165) is 25.9 Å². The van der Waals surface area contributed by atoms with Crippen LogP contribution < -0.4 is 5.32 Å². The molecule has 1 aliphatic rings. The Kier molecular flexibility index (Phi) is 4.92. The number of carbonyl (C=O) groups excluding carboxylic acids is 1. The van der Waals surface area contributed by atoms with E-state index in [1.54, 1.807) is 0 Å². The van der Waals surface area contributed by atoms with Gasteiger partial charge in [0.2, 0.25) is 0 Å². The van der Waals surface area contributed by atoms with Crippen molar-refractivity contribution in [3.8, 4) is 0 Å².